The number of anilines is 1. The zero-order valence-electron chi connectivity index (χ0n) is 12.9. The third-order valence-electron chi connectivity index (χ3n) is 3.51. The third-order valence-corrected chi connectivity index (χ3v) is 5.34. The van der Waals surface area contributed by atoms with Crippen molar-refractivity contribution < 1.29 is 8.42 Å². The molecular weight excluding hydrogens is 316 g/mol. The first-order chi connectivity index (χ1) is 10.5. The summed E-state index contributed by atoms with van der Waals surface area (Å²) in [5.41, 5.74) is 1.00. The van der Waals surface area contributed by atoms with E-state index in [0.717, 1.165) is 35.1 Å². The van der Waals surface area contributed by atoms with E-state index < -0.39 is 10.0 Å². The summed E-state index contributed by atoms with van der Waals surface area (Å²) in [6, 6.07) is 11.1. The normalized spacial score (nSPS) is 11.8. The fraction of sp³-hybridized carbons (Fsp3) is 0.375. The Morgan fingerprint density at radius 3 is 2.41 bits per heavy atom. The van der Waals surface area contributed by atoms with Gasteiger partial charge in [-0.25, -0.2) is 13.1 Å². The Morgan fingerprint density at radius 1 is 1.05 bits per heavy atom. The van der Waals surface area contributed by atoms with Gasteiger partial charge in [0, 0.05) is 37.1 Å². The van der Waals surface area contributed by atoms with Crippen LogP contribution in [0.2, 0.25) is 0 Å². The van der Waals surface area contributed by atoms with Crippen molar-refractivity contribution in [2.45, 2.75) is 17.7 Å². The minimum Gasteiger partial charge on any atom is -0.377 e. The number of rotatable bonds is 7. The number of fused-ring (bicyclic) bond motifs is 1. The van der Waals surface area contributed by atoms with E-state index in [1.54, 1.807) is 12.1 Å². The van der Waals surface area contributed by atoms with Gasteiger partial charge in [-0.2, -0.15) is 12.6 Å². The largest absolute Gasteiger partial charge is 0.377 e. The molecule has 0 bridgehead atoms. The number of nitrogens with one attached hydrogen (secondary N) is 1. The van der Waals surface area contributed by atoms with E-state index in [1.807, 2.05) is 43.3 Å². The van der Waals surface area contributed by atoms with Gasteiger partial charge in [-0.05, 0) is 30.7 Å². The molecule has 4 nitrogen and oxygen atoms in total. The standard InChI is InChI=1S/C16H22N2O2S2/c1-18(2)15-9-5-8-14-13(15)7-6-10-16(14)22(19,20)17-11-3-4-12-21/h5-10,17,21H,3-4,11-12H2,1-2H3. The summed E-state index contributed by atoms with van der Waals surface area (Å²) >= 11 is 4.13. The second-order valence-electron chi connectivity index (χ2n) is 5.35. The van der Waals surface area contributed by atoms with Gasteiger partial charge in [0.05, 0.1) is 4.90 Å². The second-order valence-corrected chi connectivity index (χ2v) is 7.53. The molecule has 0 aliphatic rings. The van der Waals surface area contributed by atoms with Gasteiger partial charge >= 0.3 is 0 Å². The SMILES string of the molecule is CN(C)c1cccc2c(S(=O)(=O)NCCCCS)cccc12. The van der Waals surface area contributed by atoms with E-state index in [-0.39, 0.29) is 0 Å². The highest BCUT2D eigenvalue weighted by molar-refractivity contribution is 7.89. The van der Waals surface area contributed by atoms with Gasteiger partial charge in [-0.3, -0.25) is 0 Å². The highest BCUT2D eigenvalue weighted by atomic mass is 32.2. The fourth-order valence-corrected chi connectivity index (χ4v) is 3.93. The molecule has 0 unspecified atom stereocenters. The van der Waals surface area contributed by atoms with Crippen molar-refractivity contribution in [2.75, 3.05) is 31.3 Å². The quantitative estimate of drug-likeness (QED) is 0.603. The van der Waals surface area contributed by atoms with Crippen LogP contribution in [-0.4, -0.2) is 34.8 Å². The molecule has 0 aromatic heterocycles. The van der Waals surface area contributed by atoms with E-state index in [0.29, 0.717) is 11.4 Å². The van der Waals surface area contributed by atoms with Crippen molar-refractivity contribution in [1.82, 2.24) is 4.72 Å². The van der Waals surface area contributed by atoms with Gasteiger partial charge in [-0.1, -0.05) is 24.3 Å². The average Bonchev–Trinajstić information content (AvgIpc) is 2.50. The first-order valence-electron chi connectivity index (χ1n) is 7.27. The fourth-order valence-electron chi connectivity index (χ4n) is 2.41. The predicted octanol–water partition coefficient (Wildman–Crippen LogP) is 2.89. The van der Waals surface area contributed by atoms with Crippen molar-refractivity contribution in [3.8, 4) is 0 Å². The Hall–Kier alpha value is -1.24. The molecule has 0 saturated heterocycles. The maximum atomic E-state index is 12.5. The molecule has 0 spiro atoms. The molecule has 6 heteroatoms. The van der Waals surface area contributed by atoms with Gasteiger partial charge < -0.3 is 4.90 Å². The Bertz CT molecular complexity index is 743. The molecule has 120 valence electrons. The molecule has 2 aromatic rings. The van der Waals surface area contributed by atoms with Crippen LogP contribution in [-0.2, 0) is 10.0 Å². The Balaban J connectivity index is 2.41. The number of sulfonamides is 1. The molecule has 0 heterocycles. The first-order valence-corrected chi connectivity index (χ1v) is 9.38. The molecule has 0 aliphatic heterocycles. The van der Waals surface area contributed by atoms with Crippen molar-refractivity contribution in [2.24, 2.45) is 0 Å². The number of thiol groups is 1. The van der Waals surface area contributed by atoms with Crippen molar-refractivity contribution in [3.05, 3.63) is 36.4 Å². The number of hydrogen-bond donors (Lipinski definition) is 2. The molecule has 2 rings (SSSR count). The van der Waals surface area contributed by atoms with Crippen molar-refractivity contribution in [1.29, 1.82) is 0 Å². The lowest BCUT2D eigenvalue weighted by molar-refractivity contribution is 0.579. The van der Waals surface area contributed by atoms with Crippen molar-refractivity contribution >= 4 is 39.1 Å². The molecule has 0 fully saturated rings. The molecule has 1 N–H and O–H groups in total. The number of nitrogens with zero attached hydrogens (tertiary/aromatic N) is 1. The van der Waals surface area contributed by atoms with E-state index in [9.17, 15) is 8.42 Å². The highest BCUT2D eigenvalue weighted by Crippen LogP contribution is 2.29. The molecule has 0 aliphatic carbocycles. The van der Waals surface area contributed by atoms with Crippen LogP contribution in [0.15, 0.2) is 41.3 Å². The molecule has 0 amide bonds. The minimum absolute atomic E-state index is 0.333. The lowest BCUT2D eigenvalue weighted by Gasteiger charge is -2.17. The average molecular weight is 338 g/mol. The van der Waals surface area contributed by atoms with Gasteiger partial charge in [-0.15, -0.1) is 0 Å². The van der Waals surface area contributed by atoms with Crippen LogP contribution < -0.4 is 9.62 Å². The minimum atomic E-state index is -3.50. The zero-order chi connectivity index (χ0) is 16.2. The molecule has 0 radical (unpaired) electrons. The number of hydrogen-bond acceptors (Lipinski definition) is 4. The summed E-state index contributed by atoms with van der Waals surface area (Å²) in [7, 11) is 0.397. The number of unbranched alkanes of at least 4 members (excludes halogenated alkanes) is 1. The molecule has 22 heavy (non-hydrogen) atoms. The maximum Gasteiger partial charge on any atom is 0.241 e. The van der Waals surface area contributed by atoms with Crippen LogP contribution in [0.3, 0.4) is 0 Å². The maximum absolute atomic E-state index is 12.5. The van der Waals surface area contributed by atoms with Gasteiger partial charge in [0.15, 0.2) is 0 Å². The third kappa shape index (κ3) is 3.74. The number of benzene rings is 2. The van der Waals surface area contributed by atoms with Gasteiger partial charge in [0.25, 0.3) is 0 Å². The Labute approximate surface area is 138 Å². The van der Waals surface area contributed by atoms with E-state index in [4.69, 9.17) is 0 Å². The summed E-state index contributed by atoms with van der Waals surface area (Å²) < 4.78 is 27.8. The van der Waals surface area contributed by atoms with Crippen molar-refractivity contribution in [3.63, 3.8) is 0 Å². The summed E-state index contributed by atoms with van der Waals surface area (Å²) in [6.45, 7) is 0.437. The topological polar surface area (TPSA) is 49.4 Å². The van der Waals surface area contributed by atoms with Crippen LogP contribution in [0, 0.1) is 0 Å². The first kappa shape index (κ1) is 17.1. The molecule has 0 saturated carbocycles. The van der Waals surface area contributed by atoms with Crippen LogP contribution in [0.1, 0.15) is 12.8 Å². The lowest BCUT2D eigenvalue weighted by atomic mass is 10.1. The monoisotopic (exact) mass is 338 g/mol. The Kier molecular flexibility index (Phi) is 5.72. The summed E-state index contributed by atoms with van der Waals surface area (Å²) in [5.74, 6) is 0.766. The highest BCUT2D eigenvalue weighted by Gasteiger charge is 2.17. The summed E-state index contributed by atoms with van der Waals surface area (Å²) in [6.07, 6.45) is 1.68. The smallest absolute Gasteiger partial charge is 0.241 e. The summed E-state index contributed by atoms with van der Waals surface area (Å²) in [5, 5.41) is 1.68. The van der Waals surface area contributed by atoms with Crippen LogP contribution >= 0.6 is 12.6 Å². The van der Waals surface area contributed by atoms with Crippen LogP contribution in [0.4, 0.5) is 5.69 Å². The zero-order valence-corrected chi connectivity index (χ0v) is 14.6. The molecule has 0 atom stereocenters. The second kappa shape index (κ2) is 7.35. The van der Waals surface area contributed by atoms with Crippen LogP contribution in [0.25, 0.3) is 10.8 Å². The van der Waals surface area contributed by atoms with E-state index in [2.05, 4.69) is 17.4 Å². The molecule has 2 aromatic carbocycles. The van der Waals surface area contributed by atoms with Crippen LogP contribution in [0.5, 0.6) is 0 Å². The Morgan fingerprint density at radius 2 is 1.73 bits per heavy atom. The van der Waals surface area contributed by atoms with E-state index in [1.165, 1.54) is 0 Å². The van der Waals surface area contributed by atoms with Gasteiger partial charge in [0.1, 0.15) is 0 Å². The predicted molar refractivity (Wildman–Crippen MR) is 96.6 cm³/mol. The molecular formula is C16H22N2O2S2. The van der Waals surface area contributed by atoms with E-state index >= 15 is 0 Å². The summed E-state index contributed by atoms with van der Waals surface area (Å²) in [4.78, 5) is 2.32. The van der Waals surface area contributed by atoms with Gasteiger partial charge in [0.2, 0.25) is 10.0 Å². The lowest BCUT2D eigenvalue weighted by Crippen LogP contribution is -2.25.